The van der Waals surface area contributed by atoms with E-state index >= 15 is 0 Å². The number of nitrogens with one attached hydrogen (secondary N) is 1. The van der Waals surface area contributed by atoms with E-state index in [-0.39, 0.29) is 0 Å². The van der Waals surface area contributed by atoms with Crippen molar-refractivity contribution in [3.05, 3.63) is 35.0 Å². The second-order valence-corrected chi connectivity index (χ2v) is 8.56. The largest absolute Gasteiger partial charge is 0.358 e. The SMILES string of the molecule is CC(C)c1ccc2[nH]c3c(c2c1)CN(S(=O)(=O)N(C)C)CC3. The van der Waals surface area contributed by atoms with Crippen LogP contribution < -0.4 is 0 Å². The lowest BCUT2D eigenvalue weighted by molar-refractivity contribution is 0.358. The smallest absolute Gasteiger partial charge is 0.281 e. The van der Waals surface area contributed by atoms with Gasteiger partial charge in [-0.2, -0.15) is 17.0 Å². The van der Waals surface area contributed by atoms with Crippen LogP contribution in [-0.4, -0.2) is 42.7 Å². The predicted octanol–water partition coefficient (Wildman–Crippen LogP) is 2.46. The van der Waals surface area contributed by atoms with Crippen molar-refractivity contribution < 1.29 is 8.42 Å². The summed E-state index contributed by atoms with van der Waals surface area (Å²) in [5.74, 6) is 0.458. The first-order valence-electron chi connectivity index (χ1n) is 7.61. The number of benzene rings is 1. The van der Waals surface area contributed by atoms with E-state index < -0.39 is 10.2 Å². The molecule has 3 rings (SSSR count). The molecule has 5 nitrogen and oxygen atoms in total. The average molecular weight is 321 g/mol. The van der Waals surface area contributed by atoms with Crippen molar-refractivity contribution in [3.63, 3.8) is 0 Å². The first-order chi connectivity index (χ1) is 10.3. The van der Waals surface area contributed by atoms with Gasteiger partial charge >= 0.3 is 0 Å². The van der Waals surface area contributed by atoms with Gasteiger partial charge in [0.1, 0.15) is 0 Å². The minimum absolute atomic E-state index is 0.442. The normalized spacial score (nSPS) is 16.6. The molecular formula is C16H23N3O2S. The third-order valence-corrected chi connectivity index (χ3v) is 6.31. The molecule has 0 radical (unpaired) electrons. The van der Waals surface area contributed by atoms with Crippen molar-refractivity contribution in [2.45, 2.75) is 32.7 Å². The number of rotatable bonds is 3. The number of aromatic amines is 1. The third kappa shape index (κ3) is 2.45. The molecule has 1 N–H and O–H groups in total. The number of nitrogens with zero attached hydrogens (tertiary/aromatic N) is 2. The zero-order chi connectivity index (χ0) is 16.1. The molecule has 0 amide bonds. The molecule has 0 aliphatic carbocycles. The van der Waals surface area contributed by atoms with Gasteiger partial charge in [-0.15, -0.1) is 0 Å². The zero-order valence-corrected chi connectivity index (χ0v) is 14.4. The van der Waals surface area contributed by atoms with Gasteiger partial charge in [0, 0.05) is 50.2 Å². The summed E-state index contributed by atoms with van der Waals surface area (Å²) in [6.07, 6.45) is 0.730. The van der Waals surface area contributed by atoms with E-state index in [0.29, 0.717) is 19.0 Å². The van der Waals surface area contributed by atoms with E-state index in [0.717, 1.165) is 22.9 Å². The Morgan fingerprint density at radius 1 is 1.27 bits per heavy atom. The lowest BCUT2D eigenvalue weighted by Gasteiger charge is -2.28. The Morgan fingerprint density at radius 2 is 2.00 bits per heavy atom. The van der Waals surface area contributed by atoms with Gasteiger partial charge in [0.2, 0.25) is 0 Å². The van der Waals surface area contributed by atoms with E-state index in [4.69, 9.17) is 0 Å². The first kappa shape index (κ1) is 15.5. The minimum atomic E-state index is -3.36. The Hall–Kier alpha value is -1.37. The van der Waals surface area contributed by atoms with Crippen molar-refractivity contribution >= 4 is 21.1 Å². The molecule has 0 fully saturated rings. The van der Waals surface area contributed by atoms with Gasteiger partial charge in [-0.25, -0.2) is 0 Å². The maximum Gasteiger partial charge on any atom is 0.281 e. The Labute approximate surface area is 132 Å². The Balaban J connectivity index is 2.06. The highest BCUT2D eigenvalue weighted by molar-refractivity contribution is 7.86. The Kier molecular flexibility index (Phi) is 3.79. The third-order valence-electron chi connectivity index (χ3n) is 4.42. The molecule has 1 aliphatic heterocycles. The molecule has 6 heteroatoms. The molecule has 22 heavy (non-hydrogen) atoms. The molecule has 2 aromatic rings. The summed E-state index contributed by atoms with van der Waals surface area (Å²) in [7, 11) is -0.202. The monoisotopic (exact) mass is 321 g/mol. The first-order valence-corrected chi connectivity index (χ1v) is 9.01. The van der Waals surface area contributed by atoms with Crippen LogP contribution >= 0.6 is 0 Å². The summed E-state index contributed by atoms with van der Waals surface area (Å²) < 4.78 is 27.6. The summed E-state index contributed by atoms with van der Waals surface area (Å²) in [4.78, 5) is 3.45. The number of hydrogen-bond donors (Lipinski definition) is 1. The zero-order valence-electron chi connectivity index (χ0n) is 13.5. The van der Waals surface area contributed by atoms with Gasteiger partial charge < -0.3 is 4.98 Å². The highest BCUT2D eigenvalue weighted by Gasteiger charge is 2.30. The number of fused-ring (bicyclic) bond motifs is 3. The highest BCUT2D eigenvalue weighted by atomic mass is 32.2. The molecule has 0 bridgehead atoms. The number of hydrogen-bond acceptors (Lipinski definition) is 2. The van der Waals surface area contributed by atoms with Crippen LogP contribution in [0, 0.1) is 0 Å². The van der Waals surface area contributed by atoms with Gasteiger partial charge in [-0.1, -0.05) is 19.9 Å². The van der Waals surface area contributed by atoms with Crippen molar-refractivity contribution in [2.24, 2.45) is 0 Å². The fourth-order valence-corrected chi connectivity index (χ4v) is 4.07. The maximum atomic E-state index is 12.4. The number of aromatic nitrogens is 1. The summed E-state index contributed by atoms with van der Waals surface area (Å²) in [5.41, 5.74) is 4.66. The summed E-state index contributed by atoms with van der Waals surface area (Å²) in [6, 6.07) is 6.44. The van der Waals surface area contributed by atoms with Crippen LogP contribution in [0.4, 0.5) is 0 Å². The molecule has 0 saturated heterocycles. The minimum Gasteiger partial charge on any atom is -0.358 e. The highest BCUT2D eigenvalue weighted by Crippen LogP contribution is 2.31. The van der Waals surface area contributed by atoms with E-state index in [9.17, 15) is 8.42 Å². The van der Waals surface area contributed by atoms with E-state index in [1.807, 2.05) is 0 Å². The average Bonchev–Trinajstić information content (AvgIpc) is 2.83. The molecule has 1 aromatic heterocycles. The van der Waals surface area contributed by atoms with Gasteiger partial charge in [-0.05, 0) is 29.2 Å². The molecule has 1 aromatic carbocycles. The molecule has 120 valence electrons. The van der Waals surface area contributed by atoms with Crippen LogP contribution in [0.1, 0.15) is 36.6 Å². The van der Waals surface area contributed by atoms with E-state index in [1.165, 1.54) is 15.6 Å². The standard InChI is InChI=1S/C16H23N3O2S/c1-11(2)12-5-6-15-13(9-12)14-10-19(8-7-16(14)17-15)22(20,21)18(3)4/h5-6,9,11,17H,7-8,10H2,1-4H3. The van der Waals surface area contributed by atoms with Gasteiger partial charge in [-0.3, -0.25) is 0 Å². The molecule has 1 aliphatic rings. The van der Waals surface area contributed by atoms with Crippen molar-refractivity contribution in [2.75, 3.05) is 20.6 Å². The Morgan fingerprint density at radius 3 is 2.64 bits per heavy atom. The summed E-state index contributed by atoms with van der Waals surface area (Å²) in [5, 5.41) is 1.15. The molecule has 0 unspecified atom stereocenters. The lowest BCUT2D eigenvalue weighted by Crippen LogP contribution is -2.42. The number of H-pyrrole nitrogens is 1. The molecule has 0 spiro atoms. The Bertz CT molecular complexity index is 806. The van der Waals surface area contributed by atoms with E-state index in [2.05, 4.69) is 37.0 Å². The van der Waals surface area contributed by atoms with Crippen LogP contribution in [0.2, 0.25) is 0 Å². The fraction of sp³-hybridized carbons (Fsp3) is 0.500. The van der Waals surface area contributed by atoms with Crippen LogP contribution in [0.5, 0.6) is 0 Å². The van der Waals surface area contributed by atoms with Gasteiger partial charge in [0.25, 0.3) is 10.2 Å². The second-order valence-electron chi connectivity index (χ2n) is 6.42. The molecule has 2 heterocycles. The topological polar surface area (TPSA) is 56.4 Å². The summed E-state index contributed by atoms with van der Waals surface area (Å²) in [6.45, 7) is 5.31. The predicted molar refractivity (Wildman–Crippen MR) is 89.1 cm³/mol. The van der Waals surface area contributed by atoms with Crippen LogP contribution in [0.25, 0.3) is 10.9 Å². The van der Waals surface area contributed by atoms with E-state index in [1.54, 1.807) is 18.4 Å². The molecule has 0 saturated carbocycles. The molecule has 0 atom stereocenters. The summed E-state index contributed by atoms with van der Waals surface area (Å²) >= 11 is 0. The lowest BCUT2D eigenvalue weighted by atomic mass is 9.99. The quantitative estimate of drug-likeness (QED) is 0.944. The van der Waals surface area contributed by atoms with Crippen LogP contribution in [0.15, 0.2) is 18.2 Å². The maximum absolute atomic E-state index is 12.4. The van der Waals surface area contributed by atoms with Crippen molar-refractivity contribution in [3.8, 4) is 0 Å². The van der Waals surface area contributed by atoms with Gasteiger partial charge in [0.05, 0.1) is 0 Å². The van der Waals surface area contributed by atoms with Crippen molar-refractivity contribution in [1.29, 1.82) is 0 Å². The molecular weight excluding hydrogens is 298 g/mol. The fourth-order valence-electron chi connectivity index (χ4n) is 2.99. The van der Waals surface area contributed by atoms with Gasteiger partial charge in [0.15, 0.2) is 0 Å². The van der Waals surface area contributed by atoms with Crippen molar-refractivity contribution in [1.82, 2.24) is 13.6 Å². The van der Waals surface area contributed by atoms with Crippen LogP contribution in [-0.2, 0) is 23.2 Å². The second kappa shape index (κ2) is 5.37. The van der Waals surface area contributed by atoms with Crippen LogP contribution in [0.3, 0.4) is 0 Å².